The van der Waals surface area contributed by atoms with E-state index in [0.717, 1.165) is 0 Å². The molecule has 27 heavy (non-hydrogen) atoms. The number of aromatic nitrogens is 1. The number of rotatable bonds is 3. The molecule has 1 N–H and O–H groups in total. The maximum atomic E-state index is 14.5. The monoisotopic (exact) mass is 377 g/mol. The van der Waals surface area contributed by atoms with Crippen molar-refractivity contribution in [1.82, 2.24) is 15.2 Å². The molecule has 2 amide bonds. The van der Waals surface area contributed by atoms with E-state index in [4.69, 9.17) is 10.00 Å². The van der Waals surface area contributed by atoms with Crippen molar-refractivity contribution in [2.75, 3.05) is 31.6 Å². The van der Waals surface area contributed by atoms with Crippen molar-refractivity contribution in [1.29, 1.82) is 5.26 Å². The lowest BCUT2D eigenvalue weighted by Gasteiger charge is -2.42. The number of hydrogen-bond acceptors (Lipinski definition) is 6. The molecule has 0 aromatic carbocycles. The fourth-order valence-electron chi connectivity index (χ4n) is 2.84. The van der Waals surface area contributed by atoms with Crippen molar-refractivity contribution in [3.8, 4) is 6.07 Å². The number of anilines is 1. The highest BCUT2D eigenvalue weighted by Crippen LogP contribution is 2.25. The van der Waals surface area contributed by atoms with Crippen LogP contribution in [0.3, 0.4) is 0 Å². The van der Waals surface area contributed by atoms with E-state index in [1.165, 1.54) is 24.1 Å². The molecule has 1 saturated heterocycles. The first-order chi connectivity index (χ1) is 12.7. The molecule has 8 nitrogen and oxygen atoms in total. The predicted octanol–water partition coefficient (Wildman–Crippen LogP) is 1.92. The third-order valence-electron chi connectivity index (χ3n) is 4.06. The minimum atomic E-state index is -0.787. The lowest BCUT2D eigenvalue weighted by atomic mass is 10.1. The van der Waals surface area contributed by atoms with Gasteiger partial charge in [0.25, 0.3) is 5.91 Å². The summed E-state index contributed by atoms with van der Waals surface area (Å²) in [6, 6.07) is 4.58. The van der Waals surface area contributed by atoms with Crippen LogP contribution in [0.25, 0.3) is 0 Å². The van der Waals surface area contributed by atoms with Crippen molar-refractivity contribution in [3.63, 3.8) is 0 Å². The van der Waals surface area contributed by atoms with Gasteiger partial charge in [0.15, 0.2) is 0 Å². The summed E-state index contributed by atoms with van der Waals surface area (Å²) < 4.78 is 19.9. The Morgan fingerprint density at radius 3 is 2.67 bits per heavy atom. The molecule has 0 aliphatic carbocycles. The van der Waals surface area contributed by atoms with Gasteiger partial charge in [-0.3, -0.25) is 4.79 Å². The first-order valence-electron chi connectivity index (χ1n) is 8.66. The molecule has 0 radical (unpaired) electrons. The minimum absolute atomic E-state index is 0.0250. The summed E-state index contributed by atoms with van der Waals surface area (Å²) in [7, 11) is 1.44. The van der Waals surface area contributed by atoms with Crippen LogP contribution in [0.15, 0.2) is 12.1 Å². The van der Waals surface area contributed by atoms with E-state index in [0.29, 0.717) is 13.1 Å². The van der Waals surface area contributed by atoms with Crippen molar-refractivity contribution in [2.24, 2.45) is 0 Å². The maximum absolute atomic E-state index is 14.5. The van der Waals surface area contributed by atoms with Gasteiger partial charge < -0.3 is 19.9 Å². The molecule has 1 aromatic heterocycles. The van der Waals surface area contributed by atoms with Gasteiger partial charge in [-0.25, -0.2) is 9.78 Å². The van der Waals surface area contributed by atoms with E-state index in [1.807, 2.05) is 0 Å². The highest BCUT2D eigenvalue weighted by molar-refractivity contribution is 5.92. The summed E-state index contributed by atoms with van der Waals surface area (Å²) in [5, 5.41) is 11.5. The maximum Gasteiger partial charge on any atom is 0.410 e. The van der Waals surface area contributed by atoms with Crippen LogP contribution in [0.2, 0.25) is 0 Å². The molecule has 9 heteroatoms. The van der Waals surface area contributed by atoms with Crippen molar-refractivity contribution in [2.45, 2.75) is 38.8 Å². The second-order valence-electron chi connectivity index (χ2n) is 7.22. The molecule has 1 aliphatic heterocycles. The van der Waals surface area contributed by atoms with E-state index in [1.54, 1.807) is 25.7 Å². The van der Waals surface area contributed by atoms with Gasteiger partial charge in [0.2, 0.25) is 5.95 Å². The third-order valence-corrected chi connectivity index (χ3v) is 4.06. The Morgan fingerprint density at radius 2 is 2.11 bits per heavy atom. The Bertz CT molecular complexity index is 756. The fraction of sp³-hybridized carbons (Fsp3) is 0.556. The van der Waals surface area contributed by atoms with Gasteiger partial charge in [-0.2, -0.15) is 9.65 Å². The summed E-state index contributed by atoms with van der Waals surface area (Å²) in [6.45, 7) is 6.23. The molecule has 2 rings (SSSR count). The molecule has 1 fully saturated rings. The molecule has 1 atom stereocenters. The molecule has 1 aromatic rings. The number of pyridine rings is 1. The van der Waals surface area contributed by atoms with E-state index in [2.05, 4.69) is 16.4 Å². The topological polar surface area (TPSA) is 98.6 Å². The highest BCUT2D eigenvalue weighted by atomic mass is 19.1. The van der Waals surface area contributed by atoms with Crippen LogP contribution in [0, 0.1) is 17.3 Å². The van der Waals surface area contributed by atoms with Gasteiger partial charge in [-0.1, -0.05) is 0 Å². The quantitative estimate of drug-likeness (QED) is 0.808. The van der Waals surface area contributed by atoms with Crippen LogP contribution in [0.5, 0.6) is 0 Å². The van der Waals surface area contributed by atoms with Crippen molar-refractivity contribution >= 4 is 17.7 Å². The molecule has 1 aliphatic rings. The fourth-order valence-corrected chi connectivity index (χ4v) is 2.84. The summed E-state index contributed by atoms with van der Waals surface area (Å²) in [5.74, 6) is -1.27. The lowest BCUT2D eigenvalue weighted by Crippen LogP contribution is -2.55. The number of piperazine rings is 1. The van der Waals surface area contributed by atoms with E-state index in [-0.39, 0.29) is 24.3 Å². The Morgan fingerprint density at radius 1 is 1.41 bits per heavy atom. The average molecular weight is 377 g/mol. The SMILES string of the molecule is CNC(=O)c1ccc(N2CCN(C(=O)OC(C)(C)C)C[C@H]2CC#N)c(F)n1. The smallest absolute Gasteiger partial charge is 0.410 e. The zero-order valence-electron chi connectivity index (χ0n) is 16.0. The van der Waals surface area contributed by atoms with Crippen LogP contribution in [0.1, 0.15) is 37.7 Å². The number of nitrogens with one attached hydrogen (secondary N) is 1. The number of nitriles is 1. The highest BCUT2D eigenvalue weighted by Gasteiger charge is 2.33. The zero-order valence-corrected chi connectivity index (χ0v) is 16.0. The standard InChI is InChI=1S/C18H24FN5O3/c1-18(2,3)27-17(26)23-9-10-24(12(11-23)7-8-20)14-6-5-13(16(25)21-4)22-15(14)19/h5-6,12H,7,9-11H2,1-4H3,(H,21,25)/t12-/m1/s1. The lowest BCUT2D eigenvalue weighted by molar-refractivity contribution is 0.0215. The first-order valence-corrected chi connectivity index (χ1v) is 8.66. The molecule has 0 spiro atoms. The molecular weight excluding hydrogens is 353 g/mol. The molecule has 0 unspecified atom stereocenters. The van der Waals surface area contributed by atoms with Gasteiger partial charge in [0.05, 0.1) is 24.2 Å². The van der Waals surface area contributed by atoms with E-state index >= 15 is 0 Å². The number of hydrogen-bond donors (Lipinski definition) is 1. The molecule has 0 saturated carbocycles. The number of carbonyl (C=O) groups excluding carboxylic acids is 2. The number of nitrogens with zero attached hydrogens (tertiary/aromatic N) is 4. The first kappa shape index (κ1) is 20.4. The van der Waals surface area contributed by atoms with Crippen LogP contribution < -0.4 is 10.2 Å². The molecule has 2 heterocycles. The number of carbonyl (C=O) groups is 2. The minimum Gasteiger partial charge on any atom is -0.444 e. The Kier molecular flexibility index (Phi) is 6.20. The van der Waals surface area contributed by atoms with Gasteiger partial charge in [0.1, 0.15) is 11.3 Å². The van der Waals surface area contributed by atoms with Crippen molar-refractivity contribution < 1.29 is 18.7 Å². The van der Waals surface area contributed by atoms with Crippen LogP contribution in [0.4, 0.5) is 14.9 Å². The van der Waals surface area contributed by atoms with Crippen LogP contribution in [-0.2, 0) is 4.74 Å². The van der Waals surface area contributed by atoms with Gasteiger partial charge >= 0.3 is 6.09 Å². The Hall–Kier alpha value is -2.89. The summed E-state index contributed by atoms with van der Waals surface area (Å²) in [5.41, 5.74) is -0.445. The van der Waals surface area contributed by atoms with Gasteiger partial charge in [-0.15, -0.1) is 0 Å². The largest absolute Gasteiger partial charge is 0.444 e. The molecule has 146 valence electrons. The predicted molar refractivity (Wildman–Crippen MR) is 96.8 cm³/mol. The average Bonchev–Trinajstić information content (AvgIpc) is 2.60. The third kappa shape index (κ3) is 5.06. The number of amides is 2. The zero-order chi connectivity index (χ0) is 20.2. The molecular formula is C18H24FN5O3. The molecule has 0 bridgehead atoms. The number of halogens is 1. The second-order valence-corrected chi connectivity index (χ2v) is 7.22. The van der Waals surface area contributed by atoms with Crippen LogP contribution in [-0.4, -0.2) is 60.2 Å². The van der Waals surface area contributed by atoms with Gasteiger partial charge in [-0.05, 0) is 32.9 Å². The van der Waals surface area contributed by atoms with E-state index in [9.17, 15) is 14.0 Å². The van der Waals surface area contributed by atoms with Crippen molar-refractivity contribution in [3.05, 3.63) is 23.8 Å². The normalized spacial score (nSPS) is 17.3. The Balaban J connectivity index is 2.20. The summed E-state index contributed by atoms with van der Waals surface area (Å²) in [6.07, 6.45) is -0.353. The van der Waals surface area contributed by atoms with Gasteiger partial charge in [0, 0.05) is 26.7 Å². The number of ether oxygens (including phenoxy) is 1. The summed E-state index contributed by atoms with van der Waals surface area (Å²) >= 11 is 0. The second kappa shape index (κ2) is 8.20. The van der Waals surface area contributed by atoms with Crippen LogP contribution >= 0.6 is 0 Å². The van der Waals surface area contributed by atoms with E-state index < -0.39 is 29.6 Å². The summed E-state index contributed by atoms with van der Waals surface area (Å²) in [4.78, 5) is 30.8. The Labute approximate surface area is 157 Å².